The van der Waals surface area contributed by atoms with Gasteiger partial charge in [-0.05, 0) is 19.9 Å². The van der Waals surface area contributed by atoms with Crippen LogP contribution in [0.3, 0.4) is 0 Å². The van der Waals surface area contributed by atoms with Crippen LogP contribution in [0.2, 0.25) is 0 Å². The molecule has 0 saturated carbocycles. The molecule has 104 valence electrons. The number of nitrogens with one attached hydrogen (secondary N) is 1. The highest BCUT2D eigenvalue weighted by atomic mass is 19.1. The van der Waals surface area contributed by atoms with Crippen LogP contribution in [0.15, 0.2) is 18.2 Å². The Kier molecular flexibility index (Phi) is 4.17. The van der Waals surface area contributed by atoms with Gasteiger partial charge in [0.05, 0.1) is 12.2 Å². The first-order valence-corrected chi connectivity index (χ1v) is 6.46. The SMILES string of the molecule is C[C@@H]1CN(Cc2ccc(C(=N)N)cc2F)C[C@H](C)O1. The molecule has 1 saturated heterocycles. The minimum atomic E-state index is -0.306. The smallest absolute Gasteiger partial charge is 0.128 e. The molecule has 0 aliphatic carbocycles. The van der Waals surface area contributed by atoms with Crippen molar-refractivity contribution in [1.82, 2.24) is 4.90 Å². The number of amidine groups is 1. The average molecular weight is 265 g/mol. The van der Waals surface area contributed by atoms with E-state index in [2.05, 4.69) is 4.90 Å². The molecular weight excluding hydrogens is 245 g/mol. The lowest BCUT2D eigenvalue weighted by Crippen LogP contribution is -2.44. The van der Waals surface area contributed by atoms with Crippen LogP contribution < -0.4 is 5.73 Å². The highest BCUT2D eigenvalue weighted by Gasteiger charge is 2.22. The number of nitrogens with zero attached hydrogens (tertiary/aromatic N) is 1. The fourth-order valence-electron chi connectivity index (χ4n) is 2.50. The standard InChI is InChI=1S/C14H20FN3O/c1-9-6-18(7-10(2)19-9)8-12-4-3-11(14(16)17)5-13(12)15/h3-5,9-10H,6-8H2,1-2H3,(H3,16,17)/t9-,10+. The third kappa shape index (κ3) is 3.52. The third-order valence-electron chi connectivity index (χ3n) is 3.25. The Morgan fingerprint density at radius 3 is 2.58 bits per heavy atom. The highest BCUT2D eigenvalue weighted by Crippen LogP contribution is 2.17. The van der Waals surface area contributed by atoms with Crippen molar-refractivity contribution in [3.63, 3.8) is 0 Å². The third-order valence-corrected chi connectivity index (χ3v) is 3.25. The van der Waals surface area contributed by atoms with Crippen LogP contribution in [0.5, 0.6) is 0 Å². The Bertz CT molecular complexity index is 468. The quantitative estimate of drug-likeness (QED) is 0.646. The molecule has 0 spiro atoms. The van der Waals surface area contributed by atoms with Gasteiger partial charge in [0.25, 0.3) is 0 Å². The van der Waals surface area contributed by atoms with E-state index in [9.17, 15) is 4.39 Å². The van der Waals surface area contributed by atoms with E-state index in [1.54, 1.807) is 12.1 Å². The Hall–Kier alpha value is -1.46. The second-order valence-corrected chi connectivity index (χ2v) is 5.17. The first-order valence-electron chi connectivity index (χ1n) is 6.46. The first-order chi connectivity index (χ1) is 8.95. The number of ether oxygens (including phenoxy) is 1. The van der Waals surface area contributed by atoms with Crippen molar-refractivity contribution in [1.29, 1.82) is 5.41 Å². The Morgan fingerprint density at radius 2 is 2.05 bits per heavy atom. The molecule has 2 rings (SSSR count). The molecule has 0 aromatic heterocycles. The minimum absolute atomic E-state index is 0.112. The zero-order valence-electron chi connectivity index (χ0n) is 11.3. The van der Waals surface area contributed by atoms with Crippen molar-refractivity contribution in [3.05, 3.63) is 35.1 Å². The van der Waals surface area contributed by atoms with Crippen molar-refractivity contribution in [2.75, 3.05) is 13.1 Å². The van der Waals surface area contributed by atoms with Crippen molar-refractivity contribution < 1.29 is 9.13 Å². The topological polar surface area (TPSA) is 62.3 Å². The molecular formula is C14H20FN3O. The molecule has 19 heavy (non-hydrogen) atoms. The normalized spacial score (nSPS) is 24.4. The number of nitrogen functional groups attached to an aromatic ring is 1. The predicted molar refractivity (Wildman–Crippen MR) is 72.7 cm³/mol. The molecule has 1 fully saturated rings. The number of hydrogen-bond donors (Lipinski definition) is 2. The van der Waals surface area contributed by atoms with Crippen LogP contribution in [0.4, 0.5) is 4.39 Å². The molecule has 0 bridgehead atoms. The van der Waals surface area contributed by atoms with E-state index >= 15 is 0 Å². The number of hydrogen-bond acceptors (Lipinski definition) is 3. The lowest BCUT2D eigenvalue weighted by atomic mass is 10.1. The highest BCUT2D eigenvalue weighted by molar-refractivity contribution is 5.94. The van der Waals surface area contributed by atoms with Gasteiger partial charge in [0.15, 0.2) is 0 Å². The summed E-state index contributed by atoms with van der Waals surface area (Å²) in [6.45, 7) is 6.22. The van der Waals surface area contributed by atoms with E-state index in [4.69, 9.17) is 15.9 Å². The van der Waals surface area contributed by atoms with Crippen LogP contribution in [0.25, 0.3) is 0 Å². The van der Waals surface area contributed by atoms with Gasteiger partial charge in [0.2, 0.25) is 0 Å². The van der Waals surface area contributed by atoms with E-state index in [0.29, 0.717) is 17.7 Å². The molecule has 1 heterocycles. The largest absolute Gasteiger partial charge is 0.384 e. The summed E-state index contributed by atoms with van der Waals surface area (Å²) in [4.78, 5) is 2.19. The molecule has 1 aliphatic rings. The van der Waals surface area contributed by atoms with E-state index < -0.39 is 0 Å². The van der Waals surface area contributed by atoms with Gasteiger partial charge in [-0.2, -0.15) is 0 Å². The van der Waals surface area contributed by atoms with Gasteiger partial charge < -0.3 is 10.5 Å². The molecule has 1 aliphatic heterocycles. The molecule has 0 radical (unpaired) electrons. The summed E-state index contributed by atoms with van der Waals surface area (Å²) in [5.74, 6) is -0.418. The van der Waals surface area contributed by atoms with E-state index in [0.717, 1.165) is 13.1 Å². The molecule has 3 N–H and O–H groups in total. The van der Waals surface area contributed by atoms with Gasteiger partial charge in [0.1, 0.15) is 11.7 Å². The van der Waals surface area contributed by atoms with Crippen molar-refractivity contribution in [2.24, 2.45) is 5.73 Å². The molecule has 5 heteroatoms. The number of halogens is 1. The van der Waals surface area contributed by atoms with E-state index in [-0.39, 0.29) is 23.9 Å². The second-order valence-electron chi connectivity index (χ2n) is 5.17. The number of morpholine rings is 1. The molecule has 2 atom stereocenters. The zero-order valence-corrected chi connectivity index (χ0v) is 11.3. The van der Waals surface area contributed by atoms with Crippen LogP contribution in [-0.4, -0.2) is 36.0 Å². The maximum absolute atomic E-state index is 13.9. The van der Waals surface area contributed by atoms with Crippen LogP contribution >= 0.6 is 0 Å². The molecule has 1 aromatic carbocycles. The summed E-state index contributed by atoms with van der Waals surface area (Å²) in [5, 5.41) is 7.29. The minimum Gasteiger partial charge on any atom is -0.384 e. The van der Waals surface area contributed by atoms with Gasteiger partial charge in [0, 0.05) is 30.8 Å². The van der Waals surface area contributed by atoms with E-state index in [1.165, 1.54) is 6.07 Å². The van der Waals surface area contributed by atoms with Gasteiger partial charge >= 0.3 is 0 Å². The molecule has 0 amide bonds. The van der Waals surface area contributed by atoms with Gasteiger partial charge in [-0.25, -0.2) is 4.39 Å². The molecule has 1 aromatic rings. The lowest BCUT2D eigenvalue weighted by Gasteiger charge is -2.35. The lowest BCUT2D eigenvalue weighted by molar-refractivity contribution is -0.0707. The predicted octanol–water partition coefficient (Wildman–Crippen LogP) is 1.72. The first kappa shape index (κ1) is 14.0. The Morgan fingerprint density at radius 1 is 1.42 bits per heavy atom. The Balaban J connectivity index is 2.08. The van der Waals surface area contributed by atoms with Crippen LogP contribution in [0.1, 0.15) is 25.0 Å². The van der Waals surface area contributed by atoms with Crippen LogP contribution in [0, 0.1) is 11.2 Å². The van der Waals surface area contributed by atoms with Crippen molar-refractivity contribution >= 4 is 5.84 Å². The molecule has 4 nitrogen and oxygen atoms in total. The summed E-state index contributed by atoms with van der Waals surface area (Å²) in [6.07, 6.45) is 0.339. The maximum atomic E-state index is 13.9. The summed E-state index contributed by atoms with van der Waals surface area (Å²) in [6, 6.07) is 4.72. The summed E-state index contributed by atoms with van der Waals surface area (Å²) < 4.78 is 19.6. The maximum Gasteiger partial charge on any atom is 0.128 e. The fraction of sp³-hybridized carbons (Fsp3) is 0.500. The second kappa shape index (κ2) is 5.67. The van der Waals surface area contributed by atoms with Crippen molar-refractivity contribution in [3.8, 4) is 0 Å². The summed E-state index contributed by atoms with van der Waals surface area (Å²) in [5.41, 5.74) is 6.40. The average Bonchev–Trinajstić information content (AvgIpc) is 2.30. The number of nitrogens with two attached hydrogens (primary N) is 1. The number of benzene rings is 1. The fourth-order valence-corrected chi connectivity index (χ4v) is 2.50. The molecule has 0 unspecified atom stereocenters. The Labute approximate surface area is 112 Å². The van der Waals surface area contributed by atoms with Gasteiger partial charge in [-0.3, -0.25) is 10.3 Å². The van der Waals surface area contributed by atoms with Gasteiger partial charge in [-0.15, -0.1) is 0 Å². The summed E-state index contributed by atoms with van der Waals surface area (Å²) in [7, 11) is 0. The summed E-state index contributed by atoms with van der Waals surface area (Å²) >= 11 is 0. The number of rotatable bonds is 3. The van der Waals surface area contributed by atoms with Gasteiger partial charge in [-0.1, -0.05) is 12.1 Å². The monoisotopic (exact) mass is 265 g/mol. The van der Waals surface area contributed by atoms with E-state index in [1.807, 2.05) is 13.8 Å². The zero-order chi connectivity index (χ0) is 14.0. The van der Waals surface area contributed by atoms with Crippen molar-refractivity contribution in [2.45, 2.75) is 32.6 Å². The van der Waals surface area contributed by atoms with Crippen LogP contribution in [-0.2, 0) is 11.3 Å².